The van der Waals surface area contributed by atoms with E-state index >= 15 is 0 Å². The Balaban J connectivity index is 0.000000338. The van der Waals surface area contributed by atoms with E-state index in [9.17, 15) is 13.6 Å². The van der Waals surface area contributed by atoms with Crippen molar-refractivity contribution in [2.45, 2.75) is 30.9 Å². The number of likely N-dealkylation sites (tertiary alicyclic amines) is 1. The van der Waals surface area contributed by atoms with Crippen molar-refractivity contribution in [3.8, 4) is 5.75 Å². The molecule has 2 aliphatic rings. The first-order chi connectivity index (χ1) is 21.2. The largest absolute Gasteiger partial charge is 0.491 e. The fourth-order valence-corrected chi connectivity index (χ4v) is 4.79. The van der Waals surface area contributed by atoms with Crippen molar-refractivity contribution in [1.29, 1.82) is 0 Å². The number of aromatic nitrogens is 2. The molecular formula is C30H38Cl2F2N6O4. The van der Waals surface area contributed by atoms with Crippen molar-refractivity contribution in [3.05, 3.63) is 47.5 Å². The smallest absolute Gasteiger partial charge is 0.228 e. The molecule has 1 aromatic heterocycles. The van der Waals surface area contributed by atoms with E-state index in [0.717, 1.165) is 80.9 Å². The molecule has 44 heavy (non-hydrogen) atoms. The third kappa shape index (κ3) is 11.1. The molecule has 2 fully saturated rings. The predicted octanol–water partition coefficient (Wildman–Crippen LogP) is 5.31. The summed E-state index contributed by atoms with van der Waals surface area (Å²) in [5, 5.41) is 7.23. The molecule has 2 N–H and O–H groups in total. The fourth-order valence-electron chi connectivity index (χ4n) is 4.61. The van der Waals surface area contributed by atoms with Gasteiger partial charge in [-0.05, 0) is 57.1 Å². The van der Waals surface area contributed by atoms with Gasteiger partial charge in [-0.15, -0.1) is 0 Å². The number of alkyl halides is 2. The fraction of sp³-hybridized carbons (Fsp3) is 0.467. The third-order valence-corrected chi connectivity index (χ3v) is 7.40. The zero-order chi connectivity index (χ0) is 31.9. The average Bonchev–Trinajstić information content (AvgIpc) is 3.46. The molecule has 0 radical (unpaired) electrons. The number of aldehydes is 2. The molecule has 2 saturated heterocycles. The average molecular weight is 656 g/mol. The molecule has 2 atom stereocenters. The molecule has 5 rings (SSSR count). The number of carbonyl (C=O) groups is 2. The molecule has 2 aliphatic heterocycles. The lowest BCUT2D eigenvalue weighted by Gasteiger charge is -2.26. The first-order valence-electron chi connectivity index (χ1n) is 14.3. The molecule has 0 aliphatic carbocycles. The second kappa shape index (κ2) is 18.6. The van der Waals surface area contributed by atoms with Crippen LogP contribution in [0.4, 0.5) is 26.0 Å². The number of anilines is 3. The Bertz CT molecular complexity index is 1350. The van der Waals surface area contributed by atoms with Crippen LogP contribution in [0.15, 0.2) is 36.7 Å². The van der Waals surface area contributed by atoms with E-state index in [4.69, 9.17) is 25.9 Å². The highest BCUT2D eigenvalue weighted by Crippen LogP contribution is 2.33. The summed E-state index contributed by atoms with van der Waals surface area (Å²) in [5.41, 5.74) is 0.401. The second-order valence-electron chi connectivity index (χ2n) is 10.0. The lowest BCUT2D eigenvalue weighted by molar-refractivity contribution is -0.111. The number of ether oxygens (including phenoxy) is 2. The number of nitrogens with one attached hydrogen (secondary N) is 2. The van der Waals surface area contributed by atoms with Crippen molar-refractivity contribution >= 4 is 63.9 Å². The van der Waals surface area contributed by atoms with Gasteiger partial charge in [0.15, 0.2) is 6.29 Å². The Labute approximate surface area is 266 Å². The van der Waals surface area contributed by atoms with Crippen molar-refractivity contribution in [2.75, 3.05) is 70.7 Å². The van der Waals surface area contributed by atoms with Crippen LogP contribution >= 0.6 is 23.2 Å². The summed E-state index contributed by atoms with van der Waals surface area (Å²) < 4.78 is 35.7. The van der Waals surface area contributed by atoms with E-state index in [-0.39, 0.29) is 17.4 Å². The number of benzene rings is 2. The van der Waals surface area contributed by atoms with Crippen molar-refractivity contribution in [2.24, 2.45) is 0 Å². The van der Waals surface area contributed by atoms with Crippen LogP contribution in [0.1, 0.15) is 19.3 Å². The van der Waals surface area contributed by atoms with Gasteiger partial charge in [-0.2, -0.15) is 0 Å². The van der Waals surface area contributed by atoms with E-state index in [2.05, 4.69) is 42.0 Å². The van der Waals surface area contributed by atoms with Crippen LogP contribution in [0.3, 0.4) is 0 Å². The highest BCUT2D eigenvalue weighted by Gasteiger charge is 2.19. The van der Waals surface area contributed by atoms with Crippen LogP contribution < -0.4 is 15.4 Å². The first-order valence-corrected chi connectivity index (χ1v) is 15.1. The maximum Gasteiger partial charge on any atom is 0.228 e. The lowest BCUT2D eigenvalue weighted by atomic mass is 10.2. The molecule has 0 spiro atoms. The standard InChI is InChI=1S/C22H25ClFN5O2.C6H11NO.C2H2ClFO/c1-25-20-12-16-19(13-21(20)31-8-2-5-29-6-9-30-10-7-29)26-14-27-22(16)28-15-3-4-18(24)17(23)11-15;1-7-4-2-3-6(7)5-8;3-2(4)1-5/h3-4,11-14,25H,2,5-10H2,1H3,(H,26,27,28);5-6H,2-4H2,1H3;1-2H/t;6-;/m.1./s1. The van der Waals surface area contributed by atoms with Crippen LogP contribution in [-0.4, -0.2) is 104 Å². The maximum atomic E-state index is 13.5. The summed E-state index contributed by atoms with van der Waals surface area (Å²) in [6.45, 7) is 6.24. The summed E-state index contributed by atoms with van der Waals surface area (Å²) in [6, 6.07) is 8.52. The molecule has 3 heterocycles. The van der Waals surface area contributed by atoms with Gasteiger partial charge in [0.05, 0.1) is 42.1 Å². The molecule has 10 nitrogen and oxygen atoms in total. The zero-order valence-electron chi connectivity index (χ0n) is 24.8. The Morgan fingerprint density at radius 1 is 1.18 bits per heavy atom. The van der Waals surface area contributed by atoms with Crippen molar-refractivity contribution in [1.82, 2.24) is 19.8 Å². The summed E-state index contributed by atoms with van der Waals surface area (Å²) >= 11 is 10.3. The van der Waals surface area contributed by atoms with E-state index in [1.165, 1.54) is 24.9 Å². The summed E-state index contributed by atoms with van der Waals surface area (Å²) in [4.78, 5) is 32.4. The number of rotatable bonds is 10. The zero-order valence-corrected chi connectivity index (χ0v) is 26.3. The minimum atomic E-state index is -1.82. The van der Waals surface area contributed by atoms with Crippen LogP contribution in [0.25, 0.3) is 10.9 Å². The van der Waals surface area contributed by atoms with E-state index in [1.54, 1.807) is 6.07 Å². The molecule has 0 saturated carbocycles. The van der Waals surface area contributed by atoms with Crippen LogP contribution in [0.5, 0.6) is 5.75 Å². The molecule has 0 amide bonds. The Morgan fingerprint density at radius 2 is 1.93 bits per heavy atom. The lowest BCUT2D eigenvalue weighted by Crippen LogP contribution is -2.37. The van der Waals surface area contributed by atoms with Crippen molar-refractivity contribution < 1.29 is 27.8 Å². The highest BCUT2D eigenvalue weighted by atomic mass is 35.5. The number of fused-ring (bicyclic) bond motifs is 1. The Hall–Kier alpha value is -3.16. The van der Waals surface area contributed by atoms with Crippen LogP contribution in [-0.2, 0) is 14.3 Å². The normalized spacial score (nSPS) is 17.5. The summed E-state index contributed by atoms with van der Waals surface area (Å²) in [5.74, 6) is 0.877. The topological polar surface area (TPSA) is 109 Å². The molecule has 0 bridgehead atoms. The van der Waals surface area contributed by atoms with Gasteiger partial charge >= 0.3 is 0 Å². The number of morpholine rings is 1. The number of hydrogen-bond acceptors (Lipinski definition) is 10. The molecule has 240 valence electrons. The molecule has 1 unspecified atom stereocenters. The predicted molar refractivity (Wildman–Crippen MR) is 170 cm³/mol. The maximum absolute atomic E-state index is 13.5. The van der Waals surface area contributed by atoms with Gasteiger partial charge in [0.2, 0.25) is 5.63 Å². The second-order valence-corrected chi connectivity index (χ2v) is 10.9. The number of carbonyl (C=O) groups excluding carboxylic acids is 2. The summed E-state index contributed by atoms with van der Waals surface area (Å²) in [7, 11) is 3.84. The Morgan fingerprint density at radius 3 is 2.52 bits per heavy atom. The molecule has 2 aromatic carbocycles. The van der Waals surface area contributed by atoms with Gasteiger partial charge in [-0.1, -0.05) is 23.2 Å². The highest BCUT2D eigenvalue weighted by molar-refractivity contribution is 6.31. The van der Waals surface area contributed by atoms with Gasteiger partial charge in [-0.3, -0.25) is 14.6 Å². The monoisotopic (exact) mass is 654 g/mol. The van der Waals surface area contributed by atoms with Crippen molar-refractivity contribution in [3.63, 3.8) is 0 Å². The van der Waals surface area contributed by atoms with Gasteiger partial charge in [0.25, 0.3) is 0 Å². The molecule has 3 aromatic rings. The number of likely N-dealkylation sites (N-methyl/N-ethyl adjacent to an activating group) is 1. The Kier molecular flexibility index (Phi) is 14.9. The molecular weight excluding hydrogens is 617 g/mol. The number of hydrogen-bond donors (Lipinski definition) is 2. The minimum Gasteiger partial charge on any atom is -0.491 e. The van der Waals surface area contributed by atoms with Crippen LogP contribution in [0, 0.1) is 5.82 Å². The minimum absolute atomic E-state index is 0.0154. The van der Waals surface area contributed by atoms with Crippen LogP contribution in [0.2, 0.25) is 5.02 Å². The SMILES string of the molecule is CN1CCC[C@@H]1C=O.CNc1cc2c(Nc3ccc(F)c(Cl)c3)ncnc2cc1OCCCN1CCOCC1.O=CC(F)Cl. The third-order valence-electron chi connectivity index (χ3n) is 7.01. The molecule has 14 heteroatoms. The van der Waals surface area contributed by atoms with E-state index < -0.39 is 11.4 Å². The van der Waals surface area contributed by atoms with E-state index in [0.29, 0.717) is 18.1 Å². The van der Waals surface area contributed by atoms with E-state index in [1.807, 2.05) is 26.2 Å². The van der Waals surface area contributed by atoms with Gasteiger partial charge in [0.1, 0.15) is 30.0 Å². The summed E-state index contributed by atoms with van der Waals surface area (Å²) in [6.07, 6.45) is 5.70. The number of nitrogens with zero attached hydrogens (tertiary/aromatic N) is 4. The van der Waals surface area contributed by atoms with Gasteiger partial charge in [-0.25, -0.2) is 18.7 Å². The van der Waals surface area contributed by atoms with Gasteiger partial charge in [0, 0.05) is 43.8 Å². The first kappa shape index (κ1) is 35.3. The quantitative estimate of drug-likeness (QED) is 0.170. The number of halogens is 4. The van der Waals surface area contributed by atoms with Gasteiger partial charge < -0.3 is 24.9 Å².